The zero-order chi connectivity index (χ0) is 17.3. The van der Waals surface area contributed by atoms with Crippen LogP contribution in [0.25, 0.3) is 10.9 Å². The molecule has 24 heavy (non-hydrogen) atoms. The van der Waals surface area contributed by atoms with E-state index in [2.05, 4.69) is 44.8 Å². The molecule has 0 aliphatic carbocycles. The van der Waals surface area contributed by atoms with Crippen LogP contribution in [0, 0.1) is 26.7 Å². The van der Waals surface area contributed by atoms with Crippen LogP contribution in [0.4, 0.5) is 0 Å². The molecule has 0 radical (unpaired) electrons. The van der Waals surface area contributed by atoms with Gasteiger partial charge < -0.3 is 14.6 Å². The summed E-state index contributed by atoms with van der Waals surface area (Å²) in [6.45, 7) is 11.6. The number of benzene rings is 1. The predicted molar refractivity (Wildman–Crippen MR) is 97.6 cm³/mol. The van der Waals surface area contributed by atoms with Gasteiger partial charge in [-0.1, -0.05) is 19.1 Å². The van der Waals surface area contributed by atoms with Gasteiger partial charge in [0.05, 0.1) is 6.61 Å². The monoisotopic (exact) mass is 328 g/mol. The summed E-state index contributed by atoms with van der Waals surface area (Å²) < 4.78 is 5.66. The fourth-order valence-corrected chi connectivity index (χ4v) is 3.72. The number of aromatic nitrogens is 1. The molecular weight excluding hydrogens is 300 g/mol. The van der Waals surface area contributed by atoms with Gasteiger partial charge in [0.15, 0.2) is 0 Å². The minimum Gasteiger partial charge on any atom is -0.381 e. The van der Waals surface area contributed by atoms with E-state index in [-0.39, 0.29) is 5.91 Å². The standard InChI is InChI=1S/C20H28N2O2/c1-5-10-24-12-16-8-9-22(11-16)20(23)19-15(4)17-13(2)6-7-14(3)18(17)21-19/h6-7,16,21H,5,8-12H2,1-4H3. The van der Waals surface area contributed by atoms with Crippen molar-refractivity contribution in [2.75, 3.05) is 26.3 Å². The highest BCUT2D eigenvalue weighted by Crippen LogP contribution is 2.29. The third-order valence-corrected chi connectivity index (χ3v) is 5.11. The van der Waals surface area contributed by atoms with E-state index in [1.807, 2.05) is 4.90 Å². The van der Waals surface area contributed by atoms with Gasteiger partial charge in [0, 0.05) is 36.5 Å². The lowest BCUT2D eigenvalue weighted by atomic mass is 10.0. The first-order valence-electron chi connectivity index (χ1n) is 8.98. The van der Waals surface area contributed by atoms with Gasteiger partial charge in [-0.3, -0.25) is 4.79 Å². The number of carbonyl (C=O) groups excluding carboxylic acids is 1. The molecule has 1 aromatic carbocycles. The van der Waals surface area contributed by atoms with Crippen molar-refractivity contribution in [2.24, 2.45) is 5.92 Å². The van der Waals surface area contributed by atoms with Crippen LogP contribution < -0.4 is 0 Å². The number of aromatic amines is 1. The maximum Gasteiger partial charge on any atom is 0.270 e. The Bertz CT molecular complexity index is 748. The summed E-state index contributed by atoms with van der Waals surface area (Å²) in [6.07, 6.45) is 2.08. The fraction of sp³-hybridized carbons (Fsp3) is 0.550. The second kappa shape index (κ2) is 6.98. The highest BCUT2D eigenvalue weighted by molar-refractivity contribution is 6.02. The highest BCUT2D eigenvalue weighted by atomic mass is 16.5. The van der Waals surface area contributed by atoms with E-state index in [4.69, 9.17) is 4.74 Å². The Hall–Kier alpha value is -1.81. The van der Waals surface area contributed by atoms with Gasteiger partial charge in [0.2, 0.25) is 0 Å². The molecule has 0 bridgehead atoms. The summed E-state index contributed by atoms with van der Waals surface area (Å²) in [5, 5.41) is 1.19. The van der Waals surface area contributed by atoms with Crippen LogP contribution in [-0.2, 0) is 4.74 Å². The summed E-state index contributed by atoms with van der Waals surface area (Å²) >= 11 is 0. The Labute approximate surface area is 144 Å². The minimum absolute atomic E-state index is 0.125. The number of hydrogen-bond acceptors (Lipinski definition) is 2. The van der Waals surface area contributed by atoms with Crippen LogP contribution in [0.15, 0.2) is 12.1 Å². The number of amides is 1. The molecule has 1 aliphatic heterocycles. The fourth-order valence-electron chi connectivity index (χ4n) is 3.72. The summed E-state index contributed by atoms with van der Waals surface area (Å²) in [5.74, 6) is 0.592. The third-order valence-electron chi connectivity index (χ3n) is 5.11. The Morgan fingerprint density at radius 2 is 2.04 bits per heavy atom. The molecule has 3 rings (SSSR count). The number of rotatable bonds is 5. The molecule has 1 aromatic heterocycles. The van der Waals surface area contributed by atoms with E-state index in [1.165, 1.54) is 16.5 Å². The maximum absolute atomic E-state index is 13.0. The Morgan fingerprint density at radius 3 is 2.75 bits per heavy atom. The first-order valence-corrected chi connectivity index (χ1v) is 8.98. The summed E-state index contributed by atoms with van der Waals surface area (Å²) in [7, 11) is 0. The molecule has 1 atom stereocenters. The molecule has 1 aliphatic rings. The second-order valence-electron chi connectivity index (χ2n) is 7.06. The first kappa shape index (κ1) is 17.0. The van der Waals surface area contributed by atoms with Gasteiger partial charge in [0.25, 0.3) is 5.91 Å². The highest BCUT2D eigenvalue weighted by Gasteiger charge is 2.29. The topological polar surface area (TPSA) is 45.3 Å². The lowest BCUT2D eigenvalue weighted by Crippen LogP contribution is -2.30. The van der Waals surface area contributed by atoms with Gasteiger partial charge >= 0.3 is 0 Å². The van der Waals surface area contributed by atoms with Crippen LogP contribution in [0.5, 0.6) is 0 Å². The molecule has 0 spiro atoms. The van der Waals surface area contributed by atoms with Crippen LogP contribution >= 0.6 is 0 Å². The van der Waals surface area contributed by atoms with Gasteiger partial charge in [0.1, 0.15) is 5.69 Å². The summed E-state index contributed by atoms with van der Waals surface area (Å²) in [5.41, 5.74) is 5.32. The van der Waals surface area contributed by atoms with Crippen LogP contribution in [0.3, 0.4) is 0 Å². The number of aryl methyl sites for hydroxylation is 3. The second-order valence-corrected chi connectivity index (χ2v) is 7.06. The molecule has 1 amide bonds. The van der Waals surface area contributed by atoms with Gasteiger partial charge in [-0.2, -0.15) is 0 Å². The molecule has 1 unspecified atom stereocenters. The minimum atomic E-state index is 0.125. The normalized spacial score (nSPS) is 17.8. The zero-order valence-electron chi connectivity index (χ0n) is 15.2. The van der Waals surface area contributed by atoms with Gasteiger partial charge in [-0.25, -0.2) is 0 Å². The molecule has 2 heterocycles. The Balaban J connectivity index is 1.79. The van der Waals surface area contributed by atoms with Crippen molar-refractivity contribution >= 4 is 16.8 Å². The lowest BCUT2D eigenvalue weighted by Gasteiger charge is -2.16. The van der Waals surface area contributed by atoms with Crippen molar-refractivity contribution < 1.29 is 9.53 Å². The van der Waals surface area contributed by atoms with Crippen molar-refractivity contribution in [3.8, 4) is 0 Å². The van der Waals surface area contributed by atoms with E-state index in [1.54, 1.807) is 0 Å². The van der Waals surface area contributed by atoms with Crippen LogP contribution in [-0.4, -0.2) is 42.1 Å². The Morgan fingerprint density at radius 1 is 1.29 bits per heavy atom. The number of ether oxygens (including phenoxy) is 1. The number of likely N-dealkylation sites (tertiary alicyclic amines) is 1. The van der Waals surface area contributed by atoms with E-state index < -0.39 is 0 Å². The largest absolute Gasteiger partial charge is 0.381 e. The van der Waals surface area contributed by atoms with E-state index >= 15 is 0 Å². The third kappa shape index (κ3) is 3.07. The predicted octanol–water partition coefficient (Wildman–Crippen LogP) is 3.98. The number of nitrogens with one attached hydrogen (secondary N) is 1. The van der Waals surface area contributed by atoms with E-state index in [9.17, 15) is 4.79 Å². The molecule has 2 aromatic rings. The van der Waals surface area contributed by atoms with Crippen LogP contribution in [0.1, 0.15) is 46.9 Å². The smallest absolute Gasteiger partial charge is 0.270 e. The lowest BCUT2D eigenvalue weighted by molar-refractivity contribution is 0.0749. The first-order chi connectivity index (χ1) is 11.5. The zero-order valence-corrected chi connectivity index (χ0v) is 15.2. The molecule has 130 valence electrons. The number of fused-ring (bicyclic) bond motifs is 1. The number of hydrogen-bond donors (Lipinski definition) is 1. The molecule has 4 nitrogen and oxygen atoms in total. The number of carbonyl (C=O) groups is 1. The van der Waals surface area contributed by atoms with E-state index in [0.29, 0.717) is 5.92 Å². The molecule has 0 saturated carbocycles. The van der Waals surface area contributed by atoms with Crippen molar-refractivity contribution in [3.63, 3.8) is 0 Å². The summed E-state index contributed by atoms with van der Waals surface area (Å²) in [6, 6.07) is 4.24. The average molecular weight is 328 g/mol. The maximum atomic E-state index is 13.0. The average Bonchev–Trinajstić information content (AvgIpc) is 3.16. The van der Waals surface area contributed by atoms with Gasteiger partial charge in [-0.15, -0.1) is 0 Å². The molecule has 4 heteroatoms. The molecule has 1 fully saturated rings. The Kier molecular flexibility index (Phi) is 4.95. The quantitative estimate of drug-likeness (QED) is 0.844. The molecular formula is C20H28N2O2. The number of H-pyrrole nitrogens is 1. The summed E-state index contributed by atoms with van der Waals surface area (Å²) in [4.78, 5) is 18.4. The van der Waals surface area contributed by atoms with Crippen molar-refractivity contribution in [3.05, 3.63) is 34.5 Å². The molecule has 1 N–H and O–H groups in total. The van der Waals surface area contributed by atoms with Crippen LogP contribution in [0.2, 0.25) is 0 Å². The van der Waals surface area contributed by atoms with Crippen molar-refractivity contribution in [1.29, 1.82) is 0 Å². The van der Waals surface area contributed by atoms with Gasteiger partial charge in [-0.05, 0) is 50.3 Å². The van der Waals surface area contributed by atoms with Crippen molar-refractivity contribution in [1.82, 2.24) is 9.88 Å². The number of nitrogens with zero attached hydrogens (tertiary/aromatic N) is 1. The van der Waals surface area contributed by atoms with Crippen molar-refractivity contribution in [2.45, 2.75) is 40.5 Å². The van der Waals surface area contributed by atoms with E-state index in [0.717, 1.165) is 55.9 Å². The molecule has 1 saturated heterocycles. The SMILES string of the molecule is CCCOCC1CCN(C(=O)c2[nH]c3c(C)ccc(C)c3c2C)C1.